The van der Waals surface area contributed by atoms with E-state index in [-0.39, 0.29) is 5.91 Å². The largest absolute Gasteiger partial charge is 0.480 e. The summed E-state index contributed by atoms with van der Waals surface area (Å²) in [7, 11) is 0. The molecule has 0 aromatic heterocycles. The van der Waals surface area contributed by atoms with Crippen molar-refractivity contribution in [2.75, 3.05) is 12.3 Å². The van der Waals surface area contributed by atoms with Crippen LogP contribution in [0.25, 0.3) is 0 Å². The molecule has 1 atom stereocenters. The number of aliphatic carboxylic acids is 1. The van der Waals surface area contributed by atoms with E-state index in [9.17, 15) is 9.59 Å². The van der Waals surface area contributed by atoms with Crippen LogP contribution in [0.4, 0.5) is 0 Å². The molecule has 1 aliphatic heterocycles. The topological polar surface area (TPSA) is 57.6 Å². The normalized spacial score (nSPS) is 18.2. The lowest BCUT2D eigenvalue weighted by molar-refractivity contribution is -0.147. The third-order valence-corrected chi connectivity index (χ3v) is 4.51. The van der Waals surface area contributed by atoms with Crippen molar-refractivity contribution in [3.05, 3.63) is 34.9 Å². The van der Waals surface area contributed by atoms with Gasteiger partial charge in [0, 0.05) is 17.3 Å². The predicted octanol–water partition coefficient (Wildman–Crippen LogP) is 2.65. The van der Waals surface area contributed by atoms with Crippen molar-refractivity contribution in [2.45, 2.75) is 24.6 Å². The van der Waals surface area contributed by atoms with Crippen molar-refractivity contribution in [1.29, 1.82) is 0 Å². The molecule has 4 nitrogen and oxygen atoms in total. The first kappa shape index (κ1) is 15.2. The Labute approximate surface area is 127 Å². The van der Waals surface area contributed by atoms with Gasteiger partial charge in [0.15, 0.2) is 0 Å². The first-order valence-electron chi connectivity index (χ1n) is 6.42. The highest BCUT2D eigenvalue weighted by Gasteiger charge is 2.33. The standard InChI is InChI=1S/C14H16ClNO3S/c15-11-5-3-10(4-6-11)8-20-9-13(17)16-7-1-2-12(16)14(18)19/h3-6,12H,1-2,7-9H2,(H,18,19)/t12-/m0/s1. The molecule has 1 aliphatic rings. The maximum absolute atomic E-state index is 12.0. The van der Waals surface area contributed by atoms with E-state index in [4.69, 9.17) is 16.7 Å². The minimum atomic E-state index is -0.904. The number of hydrogen-bond acceptors (Lipinski definition) is 3. The Morgan fingerprint density at radius 3 is 2.70 bits per heavy atom. The molecular formula is C14H16ClNO3S. The molecule has 20 heavy (non-hydrogen) atoms. The SMILES string of the molecule is O=C(O)[C@@H]1CCCN1C(=O)CSCc1ccc(Cl)cc1. The number of benzene rings is 1. The van der Waals surface area contributed by atoms with E-state index in [0.29, 0.717) is 29.5 Å². The summed E-state index contributed by atoms with van der Waals surface area (Å²) in [6.45, 7) is 0.553. The first-order chi connectivity index (χ1) is 9.58. The molecule has 0 spiro atoms. The third-order valence-electron chi connectivity index (χ3n) is 3.27. The molecule has 1 amide bonds. The molecular weight excluding hydrogens is 298 g/mol. The van der Waals surface area contributed by atoms with Crippen molar-refractivity contribution < 1.29 is 14.7 Å². The van der Waals surface area contributed by atoms with E-state index in [1.165, 1.54) is 16.7 Å². The van der Waals surface area contributed by atoms with Gasteiger partial charge in [-0.15, -0.1) is 11.8 Å². The van der Waals surface area contributed by atoms with E-state index >= 15 is 0 Å². The second-order valence-corrected chi connectivity index (χ2v) is 6.12. The Morgan fingerprint density at radius 2 is 2.05 bits per heavy atom. The summed E-state index contributed by atoms with van der Waals surface area (Å²) < 4.78 is 0. The van der Waals surface area contributed by atoms with Crippen LogP contribution in [0.5, 0.6) is 0 Å². The molecule has 1 heterocycles. The van der Waals surface area contributed by atoms with E-state index in [1.807, 2.05) is 24.3 Å². The van der Waals surface area contributed by atoms with Gasteiger partial charge in [-0.05, 0) is 30.5 Å². The van der Waals surface area contributed by atoms with Gasteiger partial charge in [-0.25, -0.2) is 4.79 Å². The van der Waals surface area contributed by atoms with Crippen molar-refractivity contribution >= 4 is 35.2 Å². The van der Waals surface area contributed by atoms with Crippen LogP contribution in [0.2, 0.25) is 5.02 Å². The lowest BCUT2D eigenvalue weighted by atomic mass is 10.2. The molecule has 0 aliphatic carbocycles. The van der Waals surface area contributed by atoms with E-state index in [2.05, 4.69) is 0 Å². The molecule has 1 aromatic rings. The van der Waals surface area contributed by atoms with Crippen LogP contribution in [0.1, 0.15) is 18.4 Å². The van der Waals surface area contributed by atoms with Gasteiger partial charge in [-0.3, -0.25) is 4.79 Å². The highest BCUT2D eigenvalue weighted by Crippen LogP contribution is 2.20. The fourth-order valence-corrected chi connectivity index (χ4v) is 3.24. The zero-order valence-electron chi connectivity index (χ0n) is 10.9. The summed E-state index contributed by atoms with van der Waals surface area (Å²) in [6.07, 6.45) is 1.33. The number of nitrogens with zero attached hydrogens (tertiary/aromatic N) is 1. The zero-order chi connectivity index (χ0) is 14.5. The Bertz CT molecular complexity index is 492. The molecule has 108 valence electrons. The van der Waals surface area contributed by atoms with Gasteiger partial charge in [0.2, 0.25) is 5.91 Å². The molecule has 6 heteroatoms. The number of hydrogen-bond donors (Lipinski definition) is 1. The summed E-state index contributed by atoms with van der Waals surface area (Å²) in [6, 6.07) is 6.85. The molecule has 0 radical (unpaired) electrons. The number of carbonyl (C=O) groups is 2. The van der Waals surface area contributed by atoms with Crippen molar-refractivity contribution in [3.63, 3.8) is 0 Å². The minimum Gasteiger partial charge on any atom is -0.480 e. The molecule has 1 saturated heterocycles. The number of carboxylic acids is 1. The maximum Gasteiger partial charge on any atom is 0.326 e. The highest BCUT2D eigenvalue weighted by molar-refractivity contribution is 7.99. The average molecular weight is 314 g/mol. The Hall–Kier alpha value is -1.20. The van der Waals surface area contributed by atoms with Gasteiger partial charge in [-0.1, -0.05) is 23.7 Å². The van der Waals surface area contributed by atoms with Crippen LogP contribution in [-0.4, -0.2) is 40.2 Å². The maximum atomic E-state index is 12.0. The van der Waals surface area contributed by atoms with Crippen LogP contribution in [0, 0.1) is 0 Å². The van der Waals surface area contributed by atoms with Crippen molar-refractivity contribution in [1.82, 2.24) is 4.90 Å². The predicted molar refractivity (Wildman–Crippen MR) is 80.0 cm³/mol. The van der Waals surface area contributed by atoms with Crippen LogP contribution in [0.15, 0.2) is 24.3 Å². The van der Waals surface area contributed by atoms with Crippen LogP contribution >= 0.6 is 23.4 Å². The third kappa shape index (κ3) is 3.90. The molecule has 0 saturated carbocycles. The van der Waals surface area contributed by atoms with Crippen molar-refractivity contribution in [2.24, 2.45) is 0 Å². The first-order valence-corrected chi connectivity index (χ1v) is 7.95. The van der Waals surface area contributed by atoms with E-state index in [1.54, 1.807) is 0 Å². The quantitative estimate of drug-likeness (QED) is 0.908. The Morgan fingerprint density at radius 1 is 1.35 bits per heavy atom. The summed E-state index contributed by atoms with van der Waals surface area (Å²) >= 11 is 7.30. The van der Waals surface area contributed by atoms with Gasteiger partial charge in [0.1, 0.15) is 6.04 Å². The monoisotopic (exact) mass is 313 g/mol. The van der Waals surface area contributed by atoms with Crippen molar-refractivity contribution in [3.8, 4) is 0 Å². The van der Waals surface area contributed by atoms with E-state index in [0.717, 1.165) is 12.0 Å². The Kier molecular flexibility index (Phi) is 5.31. The van der Waals surface area contributed by atoms with Gasteiger partial charge < -0.3 is 10.0 Å². The van der Waals surface area contributed by atoms with Gasteiger partial charge in [-0.2, -0.15) is 0 Å². The van der Waals surface area contributed by atoms with Crippen LogP contribution in [0.3, 0.4) is 0 Å². The summed E-state index contributed by atoms with van der Waals surface area (Å²) in [5, 5.41) is 9.74. The summed E-state index contributed by atoms with van der Waals surface area (Å²) in [5.74, 6) is 0.0355. The highest BCUT2D eigenvalue weighted by atomic mass is 35.5. The molecule has 1 N–H and O–H groups in total. The lowest BCUT2D eigenvalue weighted by Gasteiger charge is -2.21. The van der Waals surface area contributed by atoms with Crippen LogP contribution in [-0.2, 0) is 15.3 Å². The number of rotatable bonds is 5. The number of carboxylic acid groups (broad SMARTS) is 1. The molecule has 2 rings (SSSR count). The lowest BCUT2D eigenvalue weighted by Crippen LogP contribution is -2.41. The number of likely N-dealkylation sites (tertiary alicyclic amines) is 1. The molecule has 0 unspecified atom stereocenters. The zero-order valence-corrected chi connectivity index (χ0v) is 12.5. The molecule has 1 aromatic carbocycles. The number of carbonyl (C=O) groups excluding carboxylic acids is 1. The Balaban J connectivity index is 1.80. The van der Waals surface area contributed by atoms with Gasteiger partial charge in [0.05, 0.1) is 5.75 Å². The average Bonchev–Trinajstić information content (AvgIpc) is 2.90. The smallest absolute Gasteiger partial charge is 0.326 e. The summed E-state index contributed by atoms with van der Waals surface area (Å²) in [4.78, 5) is 24.5. The fraction of sp³-hybridized carbons (Fsp3) is 0.429. The number of thioether (sulfide) groups is 1. The van der Waals surface area contributed by atoms with Gasteiger partial charge >= 0.3 is 5.97 Å². The number of amides is 1. The minimum absolute atomic E-state index is 0.0890. The second-order valence-electron chi connectivity index (χ2n) is 4.70. The van der Waals surface area contributed by atoms with E-state index < -0.39 is 12.0 Å². The molecule has 1 fully saturated rings. The van der Waals surface area contributed by atoms with Gasteiger partial charge in [0.25, 0.3) is 0 Å². The summed E-state index contributed by atoms with van der Waals surface area (Å²) in [5.41, 5.74) is 1.10. The number of halogens is 1. The fourth-order valence-electron chi connectivity index (χ4n) is 2.24. The second kappa shape index (κ2) is 6.99. The van der Waals surface area contributed by atoms with Crippen LogP contribution < -0.4 is 0 Å². The molecule has 0 bridgehead atoms.